The third kappa shape index (κ3) is 3.30. The number of methoxy groups -OCH3 is 1. The van der Waals surface area contributed by atoms with E-state index in [2.05, 4.69) is 5.32 Å². The Labute approximate surface area is 143 Å². The molecule has 5 nitrogen and oxygen atoms in total. The van der Waals surface area contributed by atoms with Gasteiger partial charge in [-0.05, 0) is 29.8 Å². The first-order chi connectivity index (χ1) is 11.1. The standard InChI is InChI=1S/C16H13Cl2NO4/c1-21-15-11(17)5-10(6-12(15)18)16(20)19-7-9-2-3-13-14(4-9)23-8-22-13/h2-6H,7-8H2,1H3,(H,19,20). The van der Waals surface area contributed by atoms with Gasteiger partial charge in [-0.1, -0.05) is 29.3 Å². The van der Waals surface area contributed by atoms with Crippen LogP contribution in [0.1, 0.15) is 15.9 Å². The van der Waals surface area contributed by atoms with Gasteiger partial charge in [0.05, 0.1) is 17.2 Å². The van der Waals surface area contributed by atoms with Gasteiger partial charge in [0.15, 0.2) is 17.2 Å². The quantitative estimate of drug-likeness (QED) is 0.911. The number of amides is 1. The molecule has 2 aromatic carbocycles. The number of nitrogens with one attached hydrogen (secondary N) is 1. The molecular weight excluding hydrogens is 341 g/mol. The molecule has 0 unspecified atom stereocenters. The summed E-state index contributed by atoms with van der Waals surface area (Å²) in [6.45, 7) is 0.560. The van der Waals surface area contributed by atoms with Crippen LogP contribution < -0.4 is 19.5 Å². The minimum absolute atomic E-state index is 0.216. The molecule has 0 atom stereocenters. The smallest absolute Gasteiger partial charge is 0.251 e. The lowest BCUT2D eigenvalue weighted by molar-refractivity contribution is 0.0951. The summed E-state index contributed by atoms with van der Waals surface area (Å²) in [5, 5.41) is 3.38. The number of ether oxygens (including phenoxy) is 3. The highest BCUT2D eigenvalue weighted by molar-refractivity contribution is 6.37. The summed E-state index contributed by atoms with van der Waals surface area (Å²) in [5.41, 5.74) is 1.26. The van der Waals surface area contributed by atoms with Gasteiger partial charge in [-0.3, -0.25) is 4.79 Å². The Morgan fingerprint density at radius 2 is 1.87 bits per heavy atom. The molecule has 0 bridgehead atoms. The van der Waals surface area contributed by atoms with Crippen molar-refractivity contribution in [2.24, 2.45) is 0 Å². The predicted octanol–water partition coefficient (Wildman–Crippen LogP) is 3.66. The van der Waals surface area contributed by atoms with Crippen LogP contribution in [-0.2, 0) is 6.54 Å². The van der Waals surface area contributed by atoms with E-state index in [0.717, 1.165) is 5.56 Å². The van der Waals surface area contributed by atoms with Gasteiger partial charge in [0.2, 0.25) is 6.79 Å². The third-order valence-corrected chi connectivity index (χ3v) is 3.92. The Hall–Kier alpha value is -2.11. The van der Waals surface area contributed by atoms with E-state index >= 15 is 0 Å². The molecule has 3 rings (SSSR count). The molecule has 1 aliphatic heterocycles. The Morgan fingerprint density at radius 3 is 2.57 bits per heavy atom. The first-order valence-corrected chi connectivity index (χ1v) is 7.54. The van der Waals surface area contributed by atoms with Crippen LogP contribution in [0.4, 0.5) is 0 Å². The zero-order valence-electron chi connectivity index (χ0n) is 12.2. The number of carbonyl (C=O) groups excluding carboxylic acids is 1. The summed E-state index contributed by atoms with van der Waals surface area (Å²) in [6.07, 6.45) is 0. The lowest BCUT2D eigenvalue weighted by Crippen LogP contribution is -2.22. The molecule has 0 spiro atoms. The van der Waals surface area contributed by atoms with Gasteiger partial charge in [-0.25, -0.2) is 0 Å². The molecule has 0 fully saturated rings. The maximum Gasteiger partial charge on any atom is 0.251 e. The molecule has 1 N–H and O–H groups in total. The van der Waals surface area contributed by atoms with E-state index < -0.39 is 0 Å². The Bertz CT molecular complexity index is 741. The fourth-order valence-corrected chi connectivity index (χ4v) is 2.86. The normalized spacial score (nSPS) is 12.1. The second-order valence-corrected chi connectivity index (χ2v) is 5.66. The highest BCUT2D eigenvalue weighted by atomic mass is 35.5. The first-order valence-electron chi connectivity index (χ1n) is 6.78. The maximum absolute atomic E-state index is 12.2. The lowest BCUT2D eigenvalue weighted by Gasteiger charge is -2.10. The van der Waals surface area contributed by atoms with Gasteiger partial charge in [0, 0.05) is 12.1 Å². The second-order valence-electron chi connectivity index (χ2n) is 4.84. The lowest BCUT2D eigenvalue weighted by atomic mass is 10.1. The van der Waals surface area contributed by atoms with Crippen molar-refractivity contribution in [1.82, 2.24) is 5.32 Å². The molecular formula is C16H13Cl2NO4. The summed E-state index contributed by atoms with van der Waals surface area (Å²) < 4.78 is 15.6. The molecule has 0 radical (unpaired) electrons. The van der Waals surface area contributed by atoms with E-state index in [0.29, 0.717) is 29.4 Å². The summed E-state index contributed by atoms with van der Waals surface area (Å²) in [6, 6.07) is 8.53. The van der Waals surface area contributed by atoms with E-state index in [1.807, 2.05) is 18.2 Å². The highest BCUT2D eigenvalue weighted by Crippen LogP contribution is 2.34. The molecule has 0 saturated carbocycles. The fourth-order valence-electron chi connectivity index (χ4n) is 2.22. The van der Waals surface area contributed by atoms with Gasteiger partial charge in [0.25, 0.3) is 5.91 Å². The van der Waals surface area contributed by atoms with Gasteiger partial charge in [0.1, 0.15) is 0 Å². The van der Waals surface area contributed by atoms with Crippen LogP contribution in [0.15, 0.2) is 30.3 Å². The van der Waals surface area contributed by atoms with Crippen LogP contribution in [0.5, 0.6) is 17.2 Å². The predicted molar refractivity (Wildman–Crippen MR) is 86.7 cm³/mol. The molecule has 1 heterocycles. The molecule has 0 aliphatic carbocycles. The molecule has 23 heavy (non-hydrogen) atoms. The zero-order chi connectivity index (χ0) is 16.4. The van der Waals surface area contributed by atoms with Gasteiger partial charge >= 0.3 is 0 Å². The summed E-state index contributed by atoms with van der Waals surface area (Å²) in [4.78, 5) is 12.2. The fraction of sp³-hybridized carbons (Fsp3) is 0.188. The molecule has 0 aromatic heterocycles. The number of carbonyl (C=O) groups is 1. The molecule has 120 valence electrons. The SMILES string of the molecule is COc1c(Cl)cc(C(=O)NCc2ccc3c(c2)OCO3)cc1Cl. The van der Waals surface area contributed by atoms with E-state index in [-0.39, 0.29) is 22.7 Å². The van der Waals surface area contributed by atoms with E-state index in [1.165, 1.54) is 19.2 Å². The first kappa shape index (κ1) is 15.8. The topological polar surface area (TPSA) is 56.8 Å². The number of fused-ring (bicyclic) bond motifs is 1. The van der Waals surface area contributed by atoms with E-state index in [1.54, 1.807) is 0 Å². The average molecular weight is 354 g/mol. The van der Waals surface area contributed by atoms with Gasteiger partial charge in [-0.2, -0.15) is 0 Å². The van der Waals surface area contributed by atoms with Crippen LogP contribution in [0.25, 0.3) is 0 Å². The average Bonchev–Trinajstić information content (AvgIpc) is 2.99. The molecule has 0 saturated heterocycles. The van der Waals surface area contributed by atoms with Crippen molar-refractivity contribution < 1.29 is 19.0 Å². The van der Waals surface area contributed by atoms with Crippen LogP contribution in [0.2, 0.25) is 10.0 Å². The van der Waals surface area contributed by atoms with Gasteiger partial charge in [-0.15, -0.1) is 0 Å². The molecule has 2 aromatic rings. The second kappa shape index (κ2) is 6.56. The van der Waals surface area contributed by atoms with Crippen LogP contribution in [0, 0.1) is 0 Å². The molecule has 7 heteroatoms. The number of benzene rings is 2. The van der Waals surface area contributed by atoms with Crippen molar-refractivity contribution >= 4 is 29.1 Å². The van der Waals surface area contributed by atoms with Crippen molar-refractivity contribution in [2.75, 3.05) is 13.9 Å². The van der Waals surface area contributed by atoms with Crippen molar-refractivity contribution in [3.05, 3.63) is 51.5 Å². The van der Waals surface area contributed by atoms with Crippen LogP contribution in [0.3, 0.4) is 0 Å². The molecule has 1 aliphatic rings. The van der Waals surface area contributed by atoms with Gasteiger partial charge < -0.3 is 19.5 Å². The van der Waals surface area contributed by atoms with E-state index in [4.69, 9.17) is 37.4 Å². The maximum atomic E-state index is 12.2. The Balaban J connectivity index is 1.70. The minimum Gasteiger partial charge on any atom is -0.494 e. The number of rotatable bonds is 4. The van der Waals surface area contributed by atoms with Crippen molar-refractivity contribution in [1.29, 1.82) is 0 Å². The van der Waals surface area contributed by atoms with Crippen molar-refractivity contribution in [3.8, 4) is 17.2 Å². The highest BCUT2D eigenvalue weighted by Gasteiger charge is 2.15. The van der Waals surface area contributed by atoms with E-state index in [9.17, 15) is 4.79 Å². The van der Waals surface area contributed by atoms with Crippen molar-refractivity contribution in [3.63, 3.8) is 0 Å². The Morgan fingerprint density at radius 1 is 1.17 bits per heavy atom. The number of hydrogen-bond acceptors (Lipinski definition) is 4. The Kier molecular flexibility index (Phi) is 4.50. The van der Waals surface area contributed by atoms with Crippen LogP contribution >= 0.6 is 23.2 Å². The monoisotopic (exact) mass is 353 g/mol. The zero-order valence-corrected chi connectivity index (χ0v) is 13.7. The molecule has 1 amide bonds. The summed E-state index contributed by atoms with van der Waals surface area (Å²) in [5.74, 6) is 1.44. The largest absolute Gasteiger partial charge is 0.494 e. The third-order valence-electron chi connectivity index (χ3n) is 3.35. The van der Waals surface area contributed by atoms with Crippen molar-refractivity contribution in [2.45, 2.75) is 6.54 Å². The van der Waals surface area contributed by atoms with Crippen LogP contribution in [-0.4, -0.2) is 19.8 Å². The summed E-state index contributed by atoms with van der Waals surface area (Å²) in [7, 11) is 1.46. The minimum atomic E-state index is -0.283. The number of hydrogen-bond donors (Lipinski definition) is 1. The number of halogens is 2. The summed E-state index contributed by atoms with van der Waals surface area (Å²) >= 11 is 12.1.